The lowest BCUT2D eigenvalue weighted by Crippen LogP contribution is -2.33. The fourth-order valence-electron chi connectivity index (χ4n) is 1.15. The standard InChI is InChI=1S/C12H19F2NO3/c1-6-15(7-2)11(17)18-8(10(13)14)9(16)12(3,4)5/h6-7H2,1-5H3. The molecule has 0 aliphatic carbocycles. The molecule has 0 aliphatic rings. The summed E-state index contributed by atoms with van der Waals surface area (Å²) < 4.78 is 29.9. The largest absolute Gasteiger partial charge is 0.415 e. The monoisotopic (exact) mass is 263 g/mol. The topological polar surface area (TPSA) is 46.6 Å². The SMILES string of the molecule is CCN(CC)C(=O)OC(C(=O)C(C)(C)C)=C(F)F. The summed E-state index contributed by atoms with van der Waals surface area (Å²) >= 11 is 0. The molecule has 4 nitrogen and oxygen atoms in total. The molecule has 0 N–H and O–H groups in total. The van der Waals surface area contributed by atoms with Crippen LogP contribution < -0.4 is 0 Å². The Labute approximate surface area is 106 Å². The maximum atomic E-state index is 12.7. The Hall–Kier alpha value is -1.46. The van der Waals surface area contributed by atoms with Crippen molar-refractivity contribution in [2.45, 2.75) is 34.6 Å². The van der Waals surface area contributed by atoms with Gasteiger partial charge in [-0.05, 0) is 13.8 Å². The van der Waals surface area contributed by atoms with E-state index in [1.165, 1.54) is 25.7 Å². The van der Waals surface area contributed by atoms with Gasteiger partial charge in [-0.25, -0.2) is 4.79 Å². The van der Waals surface area contributed by atoms with Crippen molar-refractivity contribution in [1.29, 1.82) is 0 Å². The van der Waals surface area contributed by atoms with E-state index in [0.29, 0.717) is 13.1 Å². The Morgan fingerprint density at radius 2 is 1.56 bits per heavy atom. The molecule has 0 atom stereocenters. The first kappa shape index (κ1) is 16.5. The number of rotatable bonds is 4. The molecule has 0 aliphatic heterocycles. The number of hydrogen-bond donors (Lipinski definition) is 0. The van der Waals surface area contributed by atoms with E-state index in [1.54, 1.807) is 13.8 Å². The van der Waals surface area contributed by atoms with E-state index in [-0.39, 0.29) is 0 Å². The third-order valence-electron chi connectivity index (χ3n) is 2.27. The Morgan fingerprint density at radius 3 is 1.83 bits per heavy atom. The van der Waals surface area contributed by atoms with E-state index in [1.807, 2.05) is 0 Å². The first-order valence-corrected chi connectivity index (χ1v) is 5.71. The van der Waals surface area contributed by atoms with E-state index in [0.717, 1.165) is 0 Å². The molecule has 0 saturated carbocycles. The van der Waals surface area contributed by atoms with Crippen molar-refractivity contribution < 1.29 is 23.1 Å². The van der Waals surface area contributed by atoms with Crippen molar-refractivity contribution >= 4 is 11.9 Å². The molecule has 18 heavy (non-hydrogen) atoms. The van der Waals surface area contributed by atoms with Crippen LogP contribution in [0.2, 0.25) is 0 Å². The fraction of sp³-hybridized carbons (Fsp3) is 0.667. The van der Waals surface area contributed by atoms with Gasteiger partial charge in [0.2, 0.25) is 11.5 Å². The summed E-state index contributed by atoms with van der Waals surface area (Å²) in [5, 5.41) is 0. The van der Waals surface area contributed by atoms with Crippen molar-refractivity contribution in [2.75, 3.05) is 13.1 Å². The summed E-state index contributed by atoms with van der Waals surface area (Å²) in [6, 6.07) is 0. The van der Waals surface area contributed by atoms with E-state index < -0.39 is 29.1 Å². The van der Waals surface area contributed by atoms with Crippen LogP contribution in [-0.2, 0) is 9.53 Å². The minimum atomic E-state index is -2.28. The Balaban J connectivity index is 5.06. The highest BCUT2D eigenvalue weighted by Gasteiger charge is 2.32. The third-order valence-corrected chi connectivity index (χ3v) is 2.27. The Kier molecular flexibility index (Phi) is 5.94. The van der Waals surface area contributed by atoms with Crippen LogP contribution >= 0.6 is 0 Å². The van der Waals surface area contributed by atoms with Crippen molar-refractivity contribution in [3.8, 4) is 0 Å². The first-order chi connectivity index (χ1) is 8.15. The highest BCUT2D eigenvalue weighted by Crippen LogP contribution is 2.24. The number of allylic oxidation sites excluding steroid dienone is 1. The molecule has 0 aromatic heterocycles. The Morgan fingerprint density at radius 1 is 1.11 bits per heavy atom. The van der Waals surface area contributed by atoms with Crippen molar-refractivity contribution in [3.05, 3.63) is 11.8 Å². The van der Waals surface area contributed by atoms with Gasteiger partial charge in [-0.15, -0.1) is 0 Å². The first-order valence-electron chi connectivity index (χ1n) is 5.71. The molecule has 0 aromatic rings. The van der Waals surface area contributed by atoms with Gasteiger partial charge < -0.3 is 9.64 Å². The van der Waals surface area contributed by atoms with Crippen LogP contribution in [0.25, 0.3) is 0 Å². The van der Waals surface area contributed by atoms with E-state index in [2.05, 4.69) is 4.74 Å². The average Bonchev–Trinajstić information content (AvgIpc) is 2.24. The van der Waals surface area contributed by atoms with Crippen LogP contribution in [0.1, 0.15) is 34.6 Å². The molecule has 0 aromatic carbocycles. The van der Waals surface area contributed by atoms with E-state index in [9.17, 15) is 18.4 Å². The zero-order chi connectivity index (χ0) is 14.5. The molecule has 0 radical (unpaired) electrons. The van der Waals surface area contributed by atoms with Gasteiger partial charge in [-0.3, -0.25) is 4.79 Å². The van der Waals surface area contributed by atoms with Crippen molar-refractivity contribution in [3.63, 3.8) is 0 Å². The van der Waals surface area contributed by atoms with Gasteiger partial charge in [0.05, 0.1) is 0 Å². The van der Waals surface area contributed by atoms with Gasteiger partial charge in [-0.2, -0.15) is 8.78 Å². The van der Waals surface area contributed by atoms with Crippen molar-refractivity contribution in [2.24, 2.45) is 5.41 Å². The molecule has 0 unspecified atom stereocenters. The molecule has 0 rings (SSSR count). The van der Waals surface area contributed by atoms with Crippen molar-refractivity contribution in [1.82, 2.24) is 4.90 Å². The third kappa shape index (κ3) is 4.43. The van der Waals surface area contributed by atoms with Gasteiger partial charge in [0, 0.05) is 18.5 Å². The van der Waals surface area contributed by atoms with Crippen LogP contribution in [-0.4, -0.2) is 29.9 Å². The van der Waals surface area contributed by atoms with E-state index >= 15 is 0 Å². The van der Waals surface area contributed by atoms with Gasteiger partial charge in [0.15, 0.2) is 0 Å². The number of hydrogen-bond acceptors (Lipinski definition) is 3. The summed E-state index contributed by atoms with van der Waals surface area (Å²) in [6.07, 6.45) is -3.23. The molecular weight excluding hydrogens is 244 g/mol. The van der Waals surface area contributed by atoms with Crippen LogP contribution in [0.15, 0.2) is 11.8 Å². The van der Waals surface area contributed by atoms with Crippen LogP contribution in [0.3, 0.4) is 0 Å². The second-order valence-electron chi connectivity index (χ2n) is 4.71. The molecule has 0 heterocycles. The molecule has 1 amide bonds. The number of carbonyl (C=O) groups is 2. The van der Waals surface area contributed by atoms with Crippen LogP contribution in [0.5, 0.6) is 0 Å². The average molecular weight is 263 g/mol. The predicted octanol–water partition coefficient (Wildman–Crippen LogP) is 3.19. The minimum Gasteiger partial charge on any atom is -0.401 e. The summed E-state index contributed by atoms with van der Waals surface area (Å²) in [5.74, 6) is -2.07. The smallest absolute Gasteiger partial charge is 0.401 e. The number of nitrogens with zero attached hydrogens (tertiary/aromatic N) is 1. The molecule has 0 bridgehead atoms. The second-order valence-corrected chi connectivity index (χ2v) is 4.71. The number of halogens is 2. The fourth-order valence-corrected chi connectivity index (χ4v) is 1.15. The highest BCUT2D eigenvalue weighted by molar-refractivity contribution is 5.99. The summed E-state index contributed by atoms with van der Waals surface area (Å²) in [4.78, 5) is 24.5. The van der Waals surface area contributed by atoms with Crippen LogP contribution in [0, 0.1) is 5.41 Å². The summed E-state index contributed by atoms with van der Waals surface area (Å²) in [7, 11) is 0. The maximum Gasteiger partial charge on any atom is 0.415 e. The normalized spacial score (nSPS) is 10.8. The molecule has 0 fully saturated rings. The predicted molar refractivity (Wildman–Crippen MR) is 63.1 cm³/mol. The molecule has 0 spiro atoms. The zero-order valence-corrected chi connectivity index (χ0v) is 11.3. The lowest BCUT2D eigenvalue weighted by molar-refractivity contribution is -0.125. The van der Waals surface area contributed by atoms with Gasteiger partial charge in [-0.1, -0.05) is 20.8 Å². The molecule has 104 valence electrons. The highest BCUT2D eigenvalue weighted by atomic mass is 19.3. The maximum absolute atomic E-state index is 12.7. The second kappa shape index (κ2) is 6.47. The number of Topliss-reactive ketones (excluding diaryl/α,β-unsaturated/α-hetero) is 1. The van der Waals surface area contributed by atoms with Gasteiger partial charge in [0.1, 0.15) is 0 Å². The molecule has 6 heteroatoms. The lowest BCUT2D eigenvalue weighted by atomic mass is 9.90. The number of ether oxygens (including phenoxy) is 1. The quantitative estimate of drug-likeness (QED) is 0.578. The van der Waals surface area contributed by atoms with E-state index in [4.69, 9.17) is 0 Å². The number of amides is 1. The van der Waals surface area contributed by atoms with Gasteiger partial charge in [0.25, 0.3) is 0 Å². The molecular formula is C12H19F2NO3. The minimum absolute atomic E-state index is 0.320. The molecule has 0 saturated heterocycles. The zero-order valence-electron chi connectivity index (χ0n) is 11.3. The Bertz CT molecular complexity index is 351. The van der Waals surface area contributed by atoms with Gasteiger partial charge >= 0.3 is 12.2 Å². The summed E-state index contributed by atoms with van der Waals surface area (Å²) in [6.45, 7) is 8.44. The number of carbonyl (C=O) groups excluding carboxylic acids is 2. The summed E-state index contributed by atoms with van der Waals surface area (Å²) in [5.41, 5.74) is -1.04. The number of ketones is 1. The lowest BCUT2D eigenvalue weighted by Gasteiger charge is -2.21. The van der Waals surface area contributed by atoms with Crippen LogP contribution in [0.4, 0.5) is 13.6 Å².